The first-order valence-corrected chi connectivity index (χ1v) is 8.81. The van der Waals surface area contributed by atoms with E-state index >= 15 is 0 Å². The fourth-order valence-electron chi connectivity index (χ4n) is 3.69. The van der Waals surface area contributed by atoms with Crippen molar-refractivity contribution in [2.45, 2.75) is 51.6 Å². The number of benzene rings is 1. The minimum absolute atomic E-state index is 0. The molecule has 128 valence electrons. The summed E-state index contributed by atoms with van der Waals surface area (Å²) in [6.45, 7) is 4.89. The Morgan fingerprint density at radius 2 is 1.83 bits per heavy atom. The van der Waals surface area contributed by atoms with Crippen LogP contribution in [0.15, 0.2) is 30.3 Å². The maximum Gasteiger partial charge on any atom is 0.226 e. The molecule has 0 bridgehead atoms. The molecule has 1 aliphatic carbocycles. The van der Waals surface area contributed by atoms with E-state index in [2.05, 4.69) is 41.4 Å². The van der Waals surface area contributed by atoms with Gasteiger partial charge in [0.25, 0.3) is 0 Å². The van der Waals surface area contributed by atoms with Crippen molar-refractivity contribution in [1.29, 1.82) is 0 Å². The van der Waals surface area contributed by atoms with Crippen LogP contribution in [0.3, 0.4) is 0 Å². The second-order valence-corrected chi connectivity index (χ2v) is 6.95. The number of nitrogens with zero attached hydrogens (tertiary/aromatic N) is 1. The third-order valence-electron chi connectivity index (χ3n) is 5.40. The predicted molar refractivity (Wildman–Crippen MR) is 96.6 cm³/mol. The van der Waals surface area contributed by atoms with Crippen LogP contribution in [-0.4, -0.2) is 29.9 Å². The van der Waals surface area contributed by atoms with Gasteiger partial charge in [-0.1, -0.05) is 56.5 Å². The van der Waals surface area contributed by atoms with Crippen molar-refractivity contribution in [3.05, 3.63) is 35.9 Å². The highest BCUT2D eigenvalue weighted by Gasteiger charge is 2.34. The maximum atomic E-state index is 13.1. The summed E-state index contributed by atoms with van der Waals surface area (Å²) < 4.78 is 0. The van der Waals surface area contributed by atoms with Gasteiger partial charge >= 0.3 is 0 Å². The normalized spacial score (nSPS) is 20.2. The van der Waals surface area contributed by atoms with E-state index in [9.17, 15) is 4.79 Å². The van der Waals surface area contributed by atoms with Gasteiger partial charge in [-0.25, -0.2) is 0 Å². The number of halogens is 1. The molecular formula is C19H29ClN2O. The van der Waals surface area contributed by atoms with Crippen LogP contribution < -0.4 is 5.32 Å². The lowest BCUT2D eigenvalue weighted by Crippen LogP contribution is -2.52. The van der Waals surface area contributed by atoms with Gasteiger partial charge in [-0.15, -0.1) is 12.4 Å². The zero-order valence-corrected chi connectivity index (χ0v) is 14.9. The number of nitrogens with one attached hydrogen (secondary N) is 1. The van der Waals surface area contributed by atoms with Gasteiger partial charge in [-0.2, -0.15) is 0 Å². The summed E-state index contributed by atoms with van der Waals surface area (Å²) >= 11 is 0. The molecule has 1 atom stereocenters. The Morgan fingerprint density at radius 1 is 1.17 bits per heavy atom. The first kappa shape index (κ1) is 18.3. The highest BCUT2D eigenvalue weighted by Crippen LogP contribution is 2.28. The van der Waals surface area contributed by atoms with Crippen molar-refractivity contribution in [2.24, 2.45) is 11.8 Å². The molecule has 1 unspecified atom stereocenters. The smallest absolute Gasteiger partial charge is 0.226 e. The SMILES string of the molecule is CC(C(=O)N(Cc1ccccc1)C1CCCCC1)C1CNC1.Cl. The van der Waals surface area contributed by atoms with Crippen molar-refractivity contribution in [3.8, 4) is 0 Å². The van der Waals surface area contributed by atoms with Crippen LogP contribution in [0, 0.1) is 11.8 Å². The van der Waals surface area contributed by atoms with Crippen molar-refractivity contribution >= 4 is 18.3 Å². The fraction of sp³-hybridized carbons (Fsp3) is 0.632. The van der Waals surface area contributed by atoms with Crippen LogP contribution in [0.25, 0.3) is 0 Å². The molecule has 0 aromatic heterocycles. The third kappa shape index (κ3) is 4.48. The van der Waals surface area contributed by atoms with E-state index in [4.69, 9.17) is 0 Å². The molecule has 1 saturated heterocycles. The van der Waals surface area contributed by atoms with E-state index in [1.807, 2.05) is 6.07 Å². The quantitative estimate of drug-likeness (QED) is 0.890. The summed E-state index contributed by atoms with van der Waals surface area (Å²) in [6, 6.07) is 10.9. The summed E-state index contributed by atoms with van der Waals surface area (Å²) in [5.41, 5.74) is 1.25. The Kier molecular flexibility index (Phi) is 6.91. The lowest BCUT2D eigenvalue weighted by atomic mass is 9.86. The summed E-state index contributed by atoms with van der Waals surface area (Å²) in [5, 5.41) is 3.29. The second-order valence-electron chi connectivity index (χ2n) is 6.95. The van der Waals surface area contributed by atoms with Crippen LogP contribution in [0.1, 0.15) is 44.6 Å². The molecule has 1 aromatic rings. The average molecular weight is 337 g/mol. The van der Waals surface area contributed by atoms with Crippen LogP contribution >= 0.6 is 12.4 Å². The van der Waals surface area contributed by atoms with Gasteiger partial charge in [0.05, 0.1) is 0 Å². The zero-order chi connectivity index (χ0) is 15.4. The Bertz CT molecular complexity index is 483. The number of carbonyl (C=O) groups is 1. The molecule has 1 aromatic carbocycles. The molecule has 3 nitrogen and oxygen atoms in total. The largest absolute Gasteiger partial charge is 0.335 e. The van der Waals surface area contributed by atoms with Crippen LogP contribution in [0.4, 0.5) is 0 Å². The number of rotatable bonds is 5. The molecule has 2 aliphatic rings. The molecule has 4 heteroatoms. The third-order valence-corrected chi connectivity index (χ3v) is 5.40. The van der Waals surface area contributed by atoms with E-state index in [0.717, 1.165) is 19.6 Å². The average Bonchev–Trinajstić information content (AvgIpc) is 2.52. The first-order chi connectivity index (χ1) is 10.8. The van der Waals surface area contributed by atoms with E-state index in [1.54, 1.807) is 0 Å². The number of carbonyl (C=O) groups excluding carboxylic acids is 1. The van der Waals surface area contributed by atoms with Gasteiger partial charge in [0.2, 0.25) is 5.91 Å². The van der Waals surface area contributed by atoms with Gasteiger partial charge in [0.15, 0.2) is 0 Å². The second kappa shape index (κ2) is 8.70. The highest BCUT2D eigenvalue weighted by atomic mass is 35.5. The molecule has 1 aliphatic heterocycles. The van der Waals surface area contributed by atoms with Gasteiger partial charge in [0, 0.05) is 18.5 Å². The van der Waals surface area contributed by atoms with Gasteiger partial charge in [-0.05, 0) is 37.4 Å². The lowest BCUT2D eigenvalue weighted by molar-refractivity contribution is -0.141. The molecular weight excluding hydrogens is 308 g/mol. The topological polar surface area (TPSA) is 32.3 Å². The maximum absolute atomic E-state index is 13.1. The summed E-state index contributed by atoms with van der Waals surface area (Å²) in [7, 11) is 0. The minimum atomic E-state index is 0. The molecule has 23 heavy (non-hydrogen) atoms. The van der Waals surface area contributed by atoms with Crippen molar-refractivity contribution < 1.29 is 4.79 Å². The number of amides is 1. The summed E-state index contributed by atoms with van der Waals surface area (Å²) in [6.07, 6.45) is 6.21. The van der Waals surface area contributed by atoms with Crippen LogP contribution in [0.2, 0.25) is 0 Å². The Balaban J connectivity index is 0.00000192. The summed E-state index contributed by atoms with van der Waals surface area (Å²) in [4.78, 5) is 15.3. The molecule has 1 amide bonds. The van der Waals surface area contributed by atoms with Crippen molar-refractivity contribution in [1.82, 2.24) is 10.2 Å². The zero-order valence-electron chi connectivity index (χ0n) is 14.0. The Labute approximate surface area is 146 Å². The monoisotopic (exact) mass is 336 g/mol. The number of hydrogen-bond donors (Lipinski definition) is 1. The van der Waals surface area contributed by atoms with Crippen LogP contribution in [0.5, 0.6) is 0 Å². The molecule has 0 spiro atoms. The molecule has 1 saturated carbocycles. The molecule has 3 rings (SSSR count). The Morgan fingerprint density at radius 3 is 2.39 bits per heavy atom. The van der Waals surface area contributed by atoms with E-state index in [1.165, 1.54) is 37.7 Å². The van der Waals surface area contributed by atoms with Gasteiger partial charge in [0.1, 0.15) is 0 Å². The van der Waals surface area contributed by atoms with Gasteiger partial charge in [-0.3, -0.25) is 4.79 Å². The summed E-state index contributed by atoms with van der Waals surface area (Å²) in [5.74, 6) is 1.03. The van der Waals surface area contributed by atoms with E-state index in [0.29, 0.717) is 17.9 Å². The molecule has 0 radical (unpaired) electrons. The molecule has 2 fully saturated rings. The minimum Gasteiger partial charge on any atom is -0.335 e. The van der Waals surface area contributed by atoms with Crippen molar-refractivity contribution in [2.75, 3.05) is 13.1 Å². The predicted octanol–water partition coefficient (Wildman–Crippen LogP) is 3.63. The van der Waals surface area contributed by atoms with E-state index in [-0.39, 0.29) is 18.3 Å². The van der Waals surface area contributed by atoms with Crippen molar-refractivity contribution in [3.63, 3.8) is 0 Å². The standard InChI is InChI=1S/C19H28N2O.ClH/c1-15(17-12-20-13-17)19(22)21(18-10-6-3-7-11-18)14-16-8-4-2-5-9-16;/h2,4-5,8-9,15,17-18,20H,3,6-7,10-14H2,1H3;1H. The first-order valence-electron chi connectivity index (χ1n) is 8.81. The molecule has 1 N–H and O–H groups in total. The Hall–Kier alpha value is -1.06. The number of hydrogen-bond acceptors (Lipinski definition) is 2. The van der Waals surface area contributed by atoms with Crippen LogP contribution in [-0.2, 0) is 11.3 Å². The molecule has 1 heterocycles. The lowest BCUT2D eigenvalue weighted by Gasteiger charge is -2.39. The fourth-order valence-corrected chi connectivity index (χ4v) is 3.69. The van der Waals surface area contributed by atoms with E-state index < -0.39 is 0 Å². The highest BCUT2D eigenvalue weighted by molar-refractivity contribution is 5.85. The van der Waals surface area contributed by atoms with Gasteiger partial charge < -0.3 is 10.2 Å².